The third kappa shape index (κ3) is 4.86. The predicted octanol–water partition coefficient (Wildman–Crippen LogP) is 15.9. The summed E-state index contributed by atoms with van der Waals surface area (Å²) in [4.78, 5) is 2.42. The summed E-state index contributed by atoms with van der Waals surface area (Å²) < 4.78 is 2.63. The van der Waals surface area contributed by atoms with Crippen molar-refractivity contribution in [2.75, 3.05) is 4.90 Å². The Balaban J connectivity index is 1.03. The maximum Gasteiger partial charge on any atom is 0.0719 e. The van der Waals surface area contributed by atoms with Crippen LogP contribution < -0.4 is 4.90 Å². The first kappa shape index (κ1) is 35.0. The second-order valence-electron chi connectivity index (χ2n) is 16.8. The van der Waals surface area contributed by atoms with Crippen LogP contribution in [-0.2, 0) is 10.8 Å². The van der Waals surface area contributed by atoms with E-state index in [1.165, 1.54) is 86.9 Å². The lowest BCUT2D eigenvalue weighted by Crippen LogP contribution is -2.40. The topological polar surface area (TPSA) is 3.24 Å². The number of fused-ring (bicyclic) bond motifs is 12. The summed E-state index contributed by atoms with van der Waals surface area (Å²) in [6.45, 7) is 4.78. The Morgan fingerprint density at radius 3 is 1.63 bits per heavy atom. The minimum Gasteiger partial charge on any atom is -0.310 e. The molecule has 0 N–H and O–H groups in total. The van der Waals surface area contributed by atoms with Gasteiger partial charge in [-0.2, -0.15) is 0 Å². The first-order chi connectivity index (χ1) is 29.5. The van der Waals surface area contributed by atoms with Crippen molar-refractivity contribution in [1.29, 1.82) is 0 Å². The SMILES string of the molecule is CC1(C)c2ccccc2C2(c3ccccc3-c3c(-c4ccc(N(c5ccccc5)c5ccccc5-c5cccc6c5sc5ccccc56)cc4)cccc32)c2ccccc21. The highest BCUT2D eigenvalue weighted by Gasteiger charge is 2.53. The lowest BCUT2D eigenvalue weighted by Gasteiger charge is -2.46. The Labute approximate surface area is 355 Å². The maximum absolute atomic E-state index is 2.42. The zero-order valence-corrected chi connectivity index (χ0v) is 34.4. The van der Waals surface area contributed by atoms with E-state index in [0.29, 0.717) is 0 Å². The van der Waals surface area contributed by atoms with Crippen molar-refractivity contribution in [2.24, 2.45) is 0 Å². The van der Waals surface area contributed by atoms with Crippen molar-refractivity contribution in [3.05, 3.63) is 246 Å². The van der Waals surface area contributed by atoms with Crippen molar-refractivity contribution in [3.63, 3.8) is 0 Å². The zero-order chi connectivity index (χ0) is 40.0. The van der Waals surface area contributed by atoms with Crippen molar-refractivity contribution in [3.8, 4) is 33.4 Å². The van der Waals surface area contributed by atoms with E-state index in [2.05, 4.69) is 231 Å². The Morgan fingerprint density at radius 2 is 0.883 bits per heavy atom. The zero-order valence-electron chi connectivity index (χ0n) is 33.6. The number of anilines is 3. The molecule has 0 bridgehead atoms. The summed E-state index contributed by atoms with van der Waals surface area (Å²) in [5.41, 5.74) is 18.7. The summed E-state index contributed by atoms with van der Waals surface area (Å²) in [5, 5.41) is 2.62. The van der Waals surface area contributed by atoms with Gasteiger partial charge in [-0.1, -0.05) is 190 Å². The average Bonchev–Trinajstić information content (AvgIpc) is 3.84. The average molecular weight is 784 g/mol. The molecule has 0 fully saturated rings. The second kappa shape index (κ2) is 13.3. The van der Waals surface area contributed by atoms with Gasteiger partial charge in [-0.05, 0) is 92.0 Å². The fourth-order valence-electron chi connectivity index (χ4n) is 10.8. The minimum absolute atomic E-state index is 0.128. The number of thiophene rings is 1. The molecule has 0 amide bonds. The Kier molecular flexibility index (Phi) is 7.73. The van der Waals surface area contributed by atoms with Gasteiger partial charge in [-0.25, -0.2) is 0 Å². The van der Waals surface area contributed by atoms with E-state index in [-0.39, 0.29) is 5.41 Å². The molecule has 60 heavy (non-hydrogen) atoms. The van der Waals surface area contributed by atoms with Crippen LogP contribution in [0, 0.1) is 0 Å². The lowest BCUT2D eigenvalue weighted by atomic mass is 9.55. The van der Waals surface area contributed by atoms with Crippen LogP contribution in [0.15, 0.2) is 212 Å². The Bertz CT molecular complexity index is 3250. The van der Waals surface area contributed by atoms with Gasteiger partial charge in [0.15, 0.2) is 0 Å². The first-order valence-electron chi connectivity index (χ1n) is 20.9. The summed E-state index contributed by atoms with van der Waals surface area (Å²) in [5.74, 6) is 0. The third-order valence-corrected chi connectivity index (χ3v) is 14.6. The van der Waals surface area contributed by atoms with Gasteiger partial charge < -0.3 is 4.90 Å². The number of hydrogen-bond donors (Lipinski definition) is 0. The highest BCUT2D eigenvalue weighted by atomic mass is 32.1. The molecular weight excluding hydrogens is 743 g/mol. The van der Waals surface area contributed by atoms with Crippen molar-refractivity contribution >= 4 is 48.6 Å². The molecule has 12 rings (SSSR count). The number of nitrogens with zero attached hydrogens (tertiary/aromatic N) is 1. The number of rotatable bonds is 5. The molecule has 1 nitrogen and oxygen atoms in total. The lowest BCUT2D eigenvalue weighted by molar-refractivity contribution is 0.563. The smallest absolute Gasteiger partial charge is 0.0719 e. The summed E-state index contributed by atoms with van der Waals surface area (Å²) >= 11 is 1.88. The van der Waals surface area contributed by atoms with Crippen molar-refractivity contribution in [2.45, 2.75) is 24.7 Å². The van der Waals surface area contributed by atoms with Gasteiger partial charge in [0.2, 0.25) is 0 Å². The van der Waals surface area contributed by atoms with Gasteiger partial charge in [-0.3, -0.25) is 0 Å². The third-order valence-electron chi connectivity index (χ3n) is 13.4. The molecule has 0 saturated carbocycles. The molecule has 9 aromatic carbocycles. The maximum atomic E-state index is 2.42. The number of benzene rings is 9. The first-order valence-corrected chi connectivity index (χ1v) is 21.8. The monoisotopic (exact) mass is 783 g/mol. The molecule has 1 aromatic heterocycles. The van der Waals surface area contributed by atoms with Crippen molar-refractivity contribution < 1.29 is 0 Å². The second-order valence-corrected chi connectivity index (χ2v) is 17.8. The number of para-hydroxylation sites is 2. The van der Waals surface area contributed by atoms with E-state index in [9.17, 15) is 0 Å². The summed E-state index contributed by atoms with van der Waals surface area (Å²) in [6, 6.07) is 79.0. The molecule has 1 spiro atoms. The van der Waals surface area contributed by atoms with E-state index in [0.717, 1.165) is 17.1 Å². The van der Waals surface area contributed by atoms with Gasteiger partial charge in [0.05, 0.1) is 11.1 Å². The molecule has 0 saturated heterocycles. The van der Waals surface area contributed by atoms with E-state index in [1.807, 2.05) is 11.3 Å². The van der Waals surface area contributed by atoms with Crippen LogP contribution in [0.4, 0.5) is 17.1 Å². The van der Waals surface area contributed by atoms with Crippen LogP contribution in [0.2, 0.25) is 0 Å². The molecule has 0 radical (unpaired) electrons. The largest absolute Gasteiger partial charge is 0.310 e. The molecule has 1 heterocycles. The highest BCUT2D eigenvalue weighted by Crippen LogP contribution is 2.63. The van der Waals surface area contributed by atoms with E-state index in [1.54, 1.807) is 0 Å². The van der Waals surface area contributed by atoms with Crippen LogP contribution in [0.1, 0.15) is 47.2 Å². The summed E-state index contributed by atoms with van der Waals surface area (Å²) in [7, 11) is 0. The molecule has 2 heteroatoms. The molecule has 10 aromatic rings. The molecule has 2 aliphatic rings. The fourth-order valence-corrected chi connectivity index (χ4v) is 12.0. The van der Waals surface area contributed by atoms with Gasteiger partial charge in [0, 0.05) is 48.1 Å². The van der Waals surface area contributed by atoms with Gasteiger partial charge >= 0.3 is 0 Å². The molecule has 0 aliphatic heterocycles. The van der Waals surface area contributed by atoms with Gasteiger partial charge in [0.1, 0.15) is 0 Å². The van der Waals surface area contributed by atoms with Crippen LogP contribution >= 0.6 is 11.3 Å². The molecule has 0 atom stereocenters. The van der Waals surface area contributed by atoms with Crippen LogP contribution in [0.3, 0.4) is 0 Å². The predicted molar refractivity (Wildman–Crippen MR) is 254 cm³/mol. The molecule has 0 unspecified atom stereocenters. The number of hydrogen-bond acceptors (Lipinski definition) is 2. The highest BCUT2D eigenvalue weighted by molar-refractivity contribution is 7.26. The van der Waals surface area contributed by atoms with E-state index < -0.39 is 5.41 Å². The van der Waals surface area contributed by atoms with E-state index in [4.69, 9.17) is 0 Å². The minimum atomic E-state index is -0.421. The summed E-state index contributed by atoms with van der Waals surface area (Å²) in [6.07, 6.45) is 0. The van der Waals surface area contributed by atoms with E-state index >= 15 is 0 Å². The van der Waals surface area contributed by atoms with Gasteiger partial charge in [0.25, 0.3) is 0 Å². The molecule has 284 valence electrons. The standard InChI is InChI=1S/C58H41NS/c1-57(2)48-27-10-12-29-50(48)58(51-30-13-11-28-49(51)57)47-26-9-6-22-46(47)55-41(23-17-31-52(55)58)38-34-36-40(37-35-38)59(39-18-4-3-5-19-39)53-32-14-7-20-42(53)44-24-16-25-45-43-21-8-15-33-54(43)60-56(44)45/h3-37H,1-2H3. The molecular formula is C58H41NS. The van der Waals surface area contributed by atoms with Crippen LogP contribution in [0.25, 0.3) is 53.6 Å². The van der Waals surface area contributed by atoms with Crippen LogP contribution in [-0.4, -0.2) is 0 Å². The van der Waals surface area contributed by atoms with Crippen LogP contribution in [0.5, 0.6) is 0 Å². The van der Waals surface area contributed by atoms with Gasteiger partial charge in [-0.15, -0.1) is 11.3 Å². The fraction of sp³-hybridized carbons (Fsp3) is 0.0690. The molecule has 2 aliphatic carbocycles. The van der Waals surface area contributed by atoms with Crippen molar-refractivity contribution in [1.82, 2.24) is 0 Å². The Morgan fingerprint density at radius 1 is 0.367 bits per heavy atom. The Hall–Kier alpha value is -7.00. The quantitative estimate of drug-likeness (QED) is 0.168. The normalized spacial score (nSPS) is 14.1.